The van der Waals surface area contributed by atoms with Crippen molar-refractivity contribution in [2.24, 2.45) is 0 Å². The molecule has 0 N–H and O–H groups in total. The third-order valence-corrected chi connectivity index (χ3v) is 3.46. The number of hydrogen-bond donors (Lipinski definition) is 0. The van der Waals surface area contributed by atoms with E-state index >= 15 is 0 Å². The summed E-state index contributed by atoms with van der Waals surface area (Å²) in [4.78, 5) is 14.4. The van der Waals surface area contributed by atoms with Gasteiger partial charge in [0.15, 0.2) is 5.78 Å². The Balaban J connectivity index is 2.46. The summed E-state index contributed by atoms with van der Waals surface area (Å²) < 4.78 is 13.1. The van der Waals surface area contributed by atoms with Crippen LogP contribution in [0.4, 0.5) is 4.39 Å². The fraction of sp³-hybridized carbons (Fsp3) is 0.588. The predicted octanol–water partition coefficient (Wildman–Crippen LogP) is 4.30. The van der Waals surface area contributed by atoms with E-state index in [0.29, 0.717) is 12.0 Å². The smallest absolute Gasteiger partial charge is 0.164 e. The number of hydrogen-bond acceptors (Lipinski definition) is 2. The van der Waals surface area contributed by atoms with Crippen molar-refractivity contribution in [3.05, 3.63) is 35.6 Å². The van der Waals surface area contributed by atoms with Gasteiger partial charge in [-0.15, -0.1) is 0 Å². The van der Waals surface area contributed by atoms with Gasteiger partial charge >= 0.3 is 0 Å². The van der Waals surface area contributed by atoms with Crippen LogP contribution in [-0.2, 0) is 0 Å². The van der Waals surface area contributed by atoms with Crippen molar-refractivity contribution in [1.82, 2.24) is 4.90 Å². The second-order valence-corrected chi connectivity index (χ2v) is 5.23. The quantitative estimate of drug-likeness (QED) is 0.595. The zero-order valence-electron chi connectivity index (χ0n) is 12.7. The molecule has 0 aliphatic heterocycles. The van der Waals surface area contributed by atoms with Gasteiger partial charge in [-0.3, -0.25) is 4.79 Å². The maximum Gasteiger partial charge on any atom is 0.164 e. The lowest BCUT2D eigenvalue weighted by Gasteiger charge is -2.21. The average molecular weight is 279 g/mol. The van der Waals surface area contributed by atoms with Crippen LogP contribution in [0.25, 0.3) is 0 Å². The van der Waals surface area contributed by atoms with Gasteiger partial charge < -0.3 is 4.90 Å². The lowest BCUT2D eigenvalue weighted by Crippen LogP contribution is -2.28. The zero-order chi connectivity index (χ0) is 14.8. The molecule has 0 aliphatic carbocycles. The minimum Gasteiger partial charge on any atom is -0.303 e. The van der Waals surface area contributed by atoms with E-state index in [2.05, 4.69) is 18.7 Å². The molecule has 0 unspecified atom stereocenters. The third kappa shape index (κ3) is 6.29. The highest BCUT2D eigenvalue weighted by Crippen LogP contribution is 2.08. The lowest BCUT2D eigenvalue weighted by atomic mass is 10.1. The Morgan fingerprint density at radius 3 is 2.30 bits per heavy atom. The van der Waals surface area contributed by atoms with Crippen LogP contribution in [0.15, 0.2) is 24.3 Å². The van der Waals surface area contributed by atoms with E-state index in [0.717, 1.165) is 32.5 Å². The van der Waals surface area contributed by atoms with Crippen LogP contribution in [-0.4, -0.2) is 30.3 Å². The van der Waals surface area contributed by atoms with Gasteiger partial charge in [0.1, 0.15) is 5.82 Å². The molecule has 0 fully saturated rings. The molecule has 0 saturated heterocycles. The minimum absolute atomic E-state index is 0.0301. The number of Topliss-reactive ketones (excluding diaryl/α,β-unsaturated/α-hetero) is 1. The molecule has 2 nitrogen and oxygen atoms in total. The molecule has 1 aromatic carbocycles. The van der Waals surface area contributed by atoms with Crippen molar-refractivity contribution in [1.29, 1.82) is 0 Å². The summed E-state index contributed by atoms with van der Waals surface area (Å²) in [5.74, 6) is -0.313. The first-order valence-electron chi connectivity index (χ1n) is 7.68. The van der Waals surface area contributed by atoms with Gasteiger partial charge in [0.25, 0.3) is 0 Å². The fourth-order valence-corrected chi connectivity index (χ4v) is 2.16. The Morgan fingerprint density at radius 2 is 1.75 bits per heavy atom. The van der Waals surface area contributed by atoms with Gasteiger partial charge in [-0.05, 0) is 38.1 Å². The zero-order valence-corrected chi connectivity index (χ0v) is 12.7. The van der Waals surface area contributed by atoms with E-state index in [9.17, 15) is 9.18 Å². The Kier molecular flexibility index (Phi) is 8.12. The normalized spacial score (nSPS) is 11.0. The van der Waals surface area contributed by atoms with Crippen molar-refractivity contribution in [2.75, 3.05) is 19.6 Å². The Labute approximate surface area is 122 Å². The highest BCUT2D eigenvalue weighted by atomic mass is 19.1. The summed E-state index contributed by atoms with van der Waals surface area (Å²) in [6.45, 7) is 7.22. The number of halogens is 1. The van der Waals surface area contributed by atoms with Crippen molar-refractivity contribution < 1.29 is 9.18 Å². The van der Waals surface area contributed by atoms with Crippen LogP contribution in [0, 0.1) is 5.82 Å². The average Bonchev–Trinajstić information content (AvgIpc) is 2.46. The van der Waals surface area contributed by atoms with Crippen LogP contribution >= 0.6 is 0 Å². The highest BCUT2D eigenvalue weighted by Gasteiger charge is 2.10. The molecule has 20 heavy (non-hydrogen) atoms. The number of benzene rings is 1. The van der Waals surface area contributed by atoms with E-state index in [-0.39, 0.29) is 11.6 Å². The SMILES string of the molecule is CCCCN(CCCC)CCC(=O)c1cccc(F)c1. The summed E-state index contributed by atoms with van der Waals surface area (Å²) in [7, 11) is 0. The second kappa shape index (κ2) is 9.65. The summed E-state index contributed by atoms with van der Waals surface area (Å²) in [6, 6.07) is 5.97. The molecule has 0 saturated carbocycles. The standard InChI is InChI=1S/C17H26FNO/c1-3-5-11-19(12-6-4-2)13-10-17(20)15-8-7-9-16(18)14-15/h7-9,14H,3-6,10-13H2,1-2H3. The molecule has 0 aliphatic rings. The van der Waals surface area contributed by atoms with Crippen LogP contribution < -0.4 is 0 Å². The van der Waals surface area contributed by atoms with Crippen LogP contribution in [0.2, 0.25) is 0 Å². The van der Waals surface area contributed by atoms with Crippen LogP contribution in [0.3, 0.4) is 0 Å². The lowest BCUT2D eigenvalue weighted by molar-refractivity contribution is 0.0963. The van der Waals surface area contributed by atoms with Gasteiger partial charge in [-0.25, -0.2) is 4.39 Å². The monoisotopic (exact) mass is 279 g/mol. The number of rotatable bonds is 10. The van der Waals surface area contributed by atoms with Crippen LogP contribution in [0.1, 0.15) is 56.3 Å². The molecule has 0 spiro atoms. The molecule has 0 bridgehead atoms. The van der Waals surface area contributed by atoms with E-state index in [1.165, 1.54) is 25.0 Å². The van der Waals surface area contributed by atoms with Gasteiger partial charge in [0.05, 0.1) is 0 Å². The highest BCUT2D eigenvalue weighted by molar-refractivity contribution is 5.96. The molecule has 0 aromatic heterocycles. The minimum atomic E-state index is -0.343. The molecule has 1 rings (SSSR count). The molecule has 112 valence electrons. The van der Waals surface area contributed by atoms with Gasteiger partial charge in [-0.1, -0.05) is 38.8 Å². The van der Waals surface area contributed by atoms with Crippen molar-refractivity contribution in [3.63, 3.8) is 0 Å². The summed E-state index contributed by atoms with van der Waals surface area (Å²) in [5, 5.41) is 0. The molecule has 1 aromatic rings. The van der Waals surface area contributed by atoms with Crippen molar-refractivity contribution in [2.45, 2.75) is 46.0 Å². The summed E-state index contributed by atoms with van der Waals surface area (Å²) in [5.41, 5.74) is 0.482. The molecule has 0 radical (unpaired) electrons. The molecule has 0 atom stereocenters. The van der Waals surface area contributed by atoms with E-state index in [4.69, 9.17) is 0 Å². The largest absolute Gasteiger partial charge is 0.303 e. The topological polar surface area (TPSA) is 20.3 Å². The van der Waals surface area contributed by atoms with Crippen molar-refractivity contribution >= 4 is 5.78 Å². The van der Waals surface area contributed by atoms with Gasteiger partial charge in [-0.2, -0.15) is 0 Å². The Bertz CT molecular complexity index is 398. The van der Waals surface area contributed by atoms with Gasteiger partial charge in [0, 0.05) is 18.5 Å². The van der Waals surface area contributed by atoms with E-state index in [1.807, 2.05) is 0 Å². The maximum absolute atomic E-state index is 13.1. The molecule has 0 heterocycles. The summed E-state index contributed by atoms with van der Waals surface area (Å²) >= 11 is 0. The number of carbonyl (C=O) groups excluding carboxylic acids is 1. The number of unbranched alkanes of at least 4 members (excludes halogenated alkanes) is 2. The first-order chi connectivity index (χ1) is 9.67. The summed E-state index contributed by atoms with van der Waals surface area (Å²) in [6.07, 6.45) is 5.13. The Hall–Kier alpha value is -1.22. The number of carbonyl (C=O) groups is 1. The Morgan fingerprint density at radius 1 is 1.10 bits per heavy atom. The first-order valence-corrected chi connectivity index (χ1v) is 7.68. The molecule has 0 amide bonds. The van der Waals surface area contributed by atoms with Gasteiger partial charge in [0.2, 0.25) is 0 Å². The maximum atomic E-state index is 13.1. The second-order valence-electron chi connectivity index (χ2n) is 5.23. The molecule has 3 heteroatoms. The van der Waals surface area contributed by atoms with Crippen LogP contribution in [0.5, 0.6) is 0 Å². The third-order valence-electron chi connectivity index (χ3n) is 3.46. The molecular weight excluding hydrogens is 253 g/mol. The number of nitrogens with zero attached hydrogens (tertiary/aromatic N) is 1. The van der Waals surface area contributed by atoms with Crippen molar-refractivity contribution in [3.8, 4) is 0 Å². The molecular formula is C17H26FNO. The predicted molar refractivity (Wildman–Crippen MR) is 81.6 cm³/mol. The van der Waals surface area contributed by atoms with E-state index in [1.54, 1.807) is 12.1 Å². The van der Waals surface area contributed by atoms with E-state index < -0.39 is 0 Å². The fourth-order valence-electron chi connectivity index (χ4n) is 2.16. The first kappa shape index (κ1) is 16.8. The number of ketones is 1.